The summed E-state index contributed by atoms with van der Waals surface area (Å²) in [6.45, 7) is 0. The average molecular weight is 369 g/mol. The Morgan fingerprint density at radius 1 is 1.35 bits per heavy atom. The lowest BCUT2D eigenvalue weighted by Gasteiger charge is -2.13. The number of ether oxygens (including phenoxy) is 2. The van der Waals surface area contributed by atoms with Gasteiger partial charge < -0.3 is 9.47 Å². The number of pyridine rings is 1. The number of nitrogens with zero attached hydrogens (tertiary/aromatic N) is 1. The maximum Gasteiger partial charge on any atom is 0.574 e. The molecule has 0 unspecified atom stereocenters. The van der Waals surface area contributed by atoms with Crippen LogP contribution in [0.4, 0.5) is 22.0 Å². The third-order valence-electron chi connectivity index (χ3n) is 1.56. The van der Waals surface area contributed by atoms with E-state index in [0.717, 1.165) is 13.2 Å². The van der Waals surface area contributed by atoms with Gasteiger partial charge in [-0.1, -0.05) is 0 Å². The normalized spacial score (nSPS) is 11.8. The van der Waals surface area contributed by atoms with Crippen molar-refractivity contribution in [3.8, 4) is 11.6 Å². The summed E-state index contributed by atoms with van der Waals surface area (Å²) in [5.41, 5.74) is -0.811. The van der Waals surface area contributed by atoms with E-state index in [2.05, 4.69) is 14.5 Å². The van der Waals surface area contributed by atoms with Crippen LogP contribution in [0.25, 0.3) is 0 Å². The van der Waals surface area contributed by atoms with E-state index < -0.39 is 24.4 Å². The standard InChI is InChI=1S/C8H5F5INO2/c1-16-5-3(14)2-4(6(9)10)15-7(5)17-8(11,12)13/h2,6H,1H3. The number of alkyl halides is 5. The Morgan fingerprint density at radius 3 is 2.35 bits per heavy atom. The van der Waals surface area contributed by atoms with Crippen LogP contribution in [-0.2, 0) is 0 Å². The van der Waals surface area contributed by atoms with Crippen LogP contribution in [0.5, 0.6) is 11.6 Å². The zero-order valence-corrected chi connectivity index (χ0v) is 10.3. The van der Waals surface area contributed by atoms with Crippen molar-refractivity contribution in [1.82, 2.24) is 4.98 Å². The van der Waals surface area contributed by atoms with Gasteiger partial charge in [-0.3, -0.25) is 0 Å². The Balaban J connectivity index is 3.24. The van der Waals surface area contributed by atoms with Crippen molar-refractivity contribution < 1.29 is 31.4 Å². The molecule has 0 fully saturated rings. The molecule has 0 amide bonds. The molecule has 0 aliphatic carbocycles. The molecule has 1 heterocycles. The van der Waals surface area contributed by atoms with E-state index >= 15 is 0 Å². The number of halogens is 6. The van der Waals surface area contributed by atoms with Gasteiger partial charge in [0.05, 0.1) is 10.7 Å². The lowest BCUT2D eigenvalue weighted by atomic mass is 10.3. The third-order valence-corrected chi connectivity index (χ3v) is 2.36. The highest BCUT2D eigenvalue weighted by Crippen LogP contribution is 2.36. The molecular formula is C8H5F5INO2. The minimum atomic E-state index is -5.02. The Hall–Kier alpha value is -0.870. The summed E-state index contributed by atoms with van der Waals surface area (Å²) in [7, 11) is 1.09. The molecule has 0 saturated heterocycles. The van der Waals surface area contributed by atoms with E-state index in [0.29, 0.717) is 0 Å². The molecule has 0 aromatic carbocycles. The summed E-state index contributed by atoms with van der Waals surface area (Å²) < 4.78 is 68.9. The Labute approximate surface area is 106 Å². The fraction of sp³-hybridized carbons (Fsp3) is 0.375. The van der Waals surface area contributed by atoms with Crippen molar-refractivity contribution in [3.05, 3.63) is 15.3 Å². The van der Waals surface area contributed by atoms with Crippen LogP contribution in [-0.4, -0.2) is 18.5 Å². The van der Waals surface area contributed by atoms with Crippen LogP contribution in [0, 0.1) is 3.57 Å². The van der Waals surface area contributed by atoms with Gasteiger partial charge in [0.25, 0.3) is 12.3 Å². The van der Waals surface area contributed by atoms with Gasteiger partial charge >= 0.3 is 6.36 Å². The molecule has 9 heteroatoms. The second-order valence-corrected chi connectivity index (χ2v) is 3.88. The molecule has 3 nitrogen and oxygen atoms in total. The SMILES string of the molecule is COc1c(I)cc(C(F)F)nc1OC(F)(F)F. The minimum Gasteiger partial charge on any atom is -0.490 e. The van der Waals surface area contributed by atoms with Gasteiger partial charge in [-0.05, 0) is 28.7 Å². The van der Waals surface area contributed by atoms with E-state index in [4.69, 9.17) is 0 Å². The molecule has 17 heavy (non-hydrogen) atoms. The van der Waals surface area contributed by atoms with Crippen LogP contribution >= 0.6 is 22.6 Å². The third kappa shape index (κ3) is 3.82. The maximum atomic E-state index is 12.4. The highest BCUT2D eigenvalue weighted by Gasteiger charge is 2.34. The summed E-state index contributed by atoms with van der Waals surface area (Å²) in [5, 5.41) is 0. The highest BCUT2D eigenvalue weighted by atomic mass is 127. The molecule has 0 aliphatic heterocycles. The van der Waals surface area contributed by atoms with Crippen molar-refractivity contribution in [2.75, 3.05) is 7.11 Å². The quantitative estimate of drug-likeness (QED) is 0.604. The predicted octanol–water partition coefficient (Wildman–Crippen LogP) is 3.53. The predicted molar refractivity (Wildman–Crippen MR) is 55.1 cm³/mol. The first kappa shape index (κ1) is 14.2. The molecule has 1 rings (SSSR count). The lowest BCUT2D eigenvalue weighted by molar-refractivity contribution is -0.276. The summed E-state index contributed by atoms with van der Waals surface area (Å²) in [6, 6.07) is 0.924. The van der Waals surface area contributed by atoms with Gasteiger partial charge in [-0.25, -0.2) is 13.8 Å². The molecule has 0 aliphatic rings. The molecule has 0 bridgehead atoms. The number of hydrogen-bond donors (Lipinski definition) is 0. The molecule has 0 radical (unpaired) electrons. The molecular weight excluding hydrogens is 364 g/mol. The smallest absolute Gasteiger partial charge is 0.490 e. The first-order valence-corrected chi connectivity index (χ1v) is 5.10. The van der Waals surface area contributed by atoms with Crippen LogP contribution in [0.15, 0.2) is 6.07 Å². The summed E-state index contributed by atoms with van der Waals surface area (Å²) >= 11 is 1.55. The zero-order chi connectivity index (χ0) is 13.2. The van der Waals surface area contributed by atoms with Crippen LogP contribution in [0.1, 0.15) is 12.1 Å². The Kier molecular flexibility index (Phi) is 4.33. The Bertz CT molecular complexity index is 410. The number of aromatic nitrogens is 1. The van der Waals surface area contributed by atoms with Crippen molar-refractivity contribution in [2.24, 2.45) is 0 Å². The summed E-state index contributed by atoms with van der Waals surface area (Å²) in [6.07, 6.45) is -8.02. The Morgan fingerprint density at radius 2 is 1.94 bits per heavy atom. The fourth-order valence-corrected chi connectivity index (χ4v) is 1.74. The fourth-order valence-electron chi connectivity index (χ4n) is 0.973. The summed E-state index contributed by atoms with van der Waals surface area (Å²) in [4.78, 5) is 3.07. The minimum absolute atomic E-state index is 0.0506. The van der Waals surface area contributed by atoms with Crippen LogP contribution in [0.2, 0.25) is 0 Å². The van der Waals surface area contributed by atoms with Crippen molar-refractivity contribution >= 4 is 22.6 Å². The van der Waals surface area contributed by atoms with Gasteiger partial charge in [0.15, 0.2) is 5.75 Å². The molecule has 1 aromatic heterocycles. The topological polar surface area (TPSA) is 31.4 Å². The molecule has 1 aromatic rings. The first-order chi connectivity index (χ1) is 7.74. The largest absolute Gasteiger partial charge is 0.574 e. The maximum absolute atomic E-state index is 12.4. The van der Waals surface area contributed by atoms with Gasteiger partial charge in [0.1, 0.15) is 5.69 Å². The average Bonchev–Trinajstić information content (AvgIpc) is 2.14. The number of methoxy groups -OCH3 is 1. The molecule has 0 spiro atoms. The highest BCUT2D eigenvalue weighted by molar-refractivity contribution is 14.1. The molecule has 96 valence electrons. The molecule has 0 saturated carbocycles. The summed E-state index contributed by atoms with van der Waals surface area (Å²) in [5.74, 6) is -1.37. The molecule has 0 atom stereocenters. The monoisotopic (exact) mass is 369 g/mol. The van der Waals surface area contributed by atoms with Gasteiger partial charge in [0.2, 0.25) is 0 Å². The van der Waals surface area contributed by atoms with Crippen LogP contribution in [0.3, 0.4) is 0 Å². The van der Waals surface area contributed by atoms with E-state index in [1.165, 1.54) is 0 Å². The molecule has 0 N–H and O–H groups in total. The van der Waals surface area contributed by atoms with Crippen molar-refractivity contribution in [1.29, 1.82) is 0 Å². The van der Waals surface area contributed by atoms with E-state index in [9.17, 15) is 22.0 Å². The van der Waals surface area contributed by atoms with Gasteiger partial charge in [-0.2, -0.15) is 0 Å². The second-order valence-electron chi connectivity index (χ2n) is 2.72. The van der Waals surface area contributed by atoms with E-state index in [1.807, 2.05) is 0 Å². The van der Waals surface area contributed by atoms with E-state index in [1.54, 1.807) is 22.6 Å². The zero-order valence-electron chi connectivity index (χ0n) is 8.19. The van der Waals surface area contributed by atoms with Crippen molar-refractivity contribution in [3.63, 3.8) is 0 Å². The van der Waals surface area contributed by atoms with Crippen LogP contribution < -0.4 is 9.47 Å². The number of hydrogen-bond acceptors (Lipinski definition) is 3. The lowest BCUT2D eigenvalue weighted by Crippen LogP contribution is -2.19. The van der Waals surface area contributed by atoms with E-state index in [-0.39, 0.29) is 9.32 Å². The number of rotatable bonds is 3. The van der Waals surface area contributed by atoms with Gasteiger partial charge in [0, 0.05) is 0 Å². The van der Waals surface area contributed by atoms with Crippen molar-refractivity contribution in [2.45, 2.75) is 12.8 Å². The second kappa shape index (κ2) is 5.19. The first-order valence-electron chi connectivity index (χ1n) is 4.03. The van der Waals surface area contributed by atoms with Gasteiger partial charge in [-0.15, -0.1) is 13.2 Å².